The van der Waals surface area contributed by atoms with Gasteiger partial charge in [-0.3, -0.25) is 37.3 Å². The Kier molecular flexibility index (Phi) is 69.1. The molecule has 95 heavy (non-hydrogen) atoms. The van der Waals surface area contributed by atoms with E-state index in [2.05, 4.69) is 27.7 Å². The number of aliphatic hydroxyl groups is 1. The summed E-state index contributed by atoms with van der Waals surface area (Å²) in [5, 5.41) is 10.6. The van der Waals surface area contributed by atoms with Crippen LogP contribution in [0.1, 0.15) is 407 Å². The van der Waals surface area contributed by atoms with Crippen molar-refractivity contribution in [2.24, 2.45) is 0 Å². The molecule has 0 aromatic carbocycles. The van der Waals surface area contributed by atoms with E-state index in [1.165, 1.54) is 238 Å². The Bertz CT molecular complexity index is 1810. The van der Waals surface area contributed by atoms with Crippen LogP contribution in [-0.4, -0.2) is 96.7 Å². The van der Waals surface area contributed by atoms with Crippen molar-refractivity contribution in [3.8, 4) is 0 Å². The van der Waals surface area contributed by atoms with Gasteiger partial charge in [-0.15, -0.1) is 0 Å². The maximum absolute atomic E-state index is 13.1. The first-order valence-electron chi connectivity index (χ1n) is 39.8. The van der Waals surface area contributed by atoms with Crippen LogP contribution in [0.4, 0.5) is 0 Å². The number of hydrogen-bond acceptors (Lipinski definition) is 15. The van der Waals surface area contributed by atoms with Crippen LogP contribution < -0.4 is 0 Å². The van der Waals surface area contributed by atoms with Crippen molar-refractivity contribution in [2.75, 3.05) is 39.6 Å². The number of carbonyl (C=O) groups excluding carboxylic acids is 4. The lowest BCUT2D eigenvalue weighted by molar-refractivity contribution is -0.161. The molecule has 0 spiro atoms. The highest BCUT2D eigenvalue weighted by atomic mass is 31.2. The van der Waals surface area contributed by atoms with Crippen LogP contribution >= 0.6 is 15.6 Å². The summed E-state index contributed by atoms with van der Waals surface area (Å²) in [5.74, 6) is -2.11. The van der Waals surface area contributed by atoms with E-state index in [1.54, 1.807) is 0 Å². The molecule has 0 fully saturated rings. The maximum Gasteiger partial charge on any atom is 0.472 e. The SMILES string of the molecule is CCCCCCCCCCCCCCCCCCCCCC(=O)O[C@H](COC(=O)CCCCCCCCCCCCCCCCCCCC)COP(=O)(O)OC[C@@H](O)COP(=O)(O)OC[C@@H](COC(=O)CCCCCCCCCCC)OC(=O)CCCCCCCCCCC. The molecule has 0 amide bonds. The fourth-order valence-corrected chi connectivity index (χ4v) is 13.3. The van der Waals surface area contributed by atoms with Gasteiger partial charge in [0, 0.05) is 25.7 Å². The molecule has 0 saturated heterocycles. The molecule has 0 aliphatic heterocycles. The van der Waals surface area contributed by atoms with Crippen LogP contribution in [0, 0.1) is 0 Å². The monoisotopic (exact) mass is 1400 g/mol. The molecule has 3 N–H and O–H groups in total. The molecule has 0 radical (unpaired) electrons. The topological polar surface area (TPSA) is 237 Å². The largest absolute Gasteiger partial charge is 0.472 e. The third kappa shape index (κ3) is 70.3. The molecular weight excluding hydrogens is 1250 g/mol. The Labute approximate surface area is 581 Å². The van der Waals surface area contributed by atoms with Gasteiger partial charge in [-0.2, -0.15) is 0 Å². The van der Waals surface area contributed by atoms with Crippen molar-refractivity contribution in [2.45, 2.75) is 425 Å². The van der Waals surface area contributed by atoms with Gasteiger partial charge in [0.1, 0.15) is 19.3 Å². The summed E-state index contributed by atoms with van der Waals surface area (Å²) in [6, 6.07) is 0. The van der Waals surface area contributed by atoms with E-state index < -0.39 is 97.5 Å². The molecule has 17 nitrogen and oxygen atoms in total. The zero-order chi connectivity index (χ0) is 69.7. The van der Waals surface area contributed by atoms with Crippen molar-refractivity contribution >= 4 is 39.5 Å². The summed E-state index contributed by atoms with van der Waals surface area (Å²) in [6.45, 7) is 4.95. The minimum absolute atomic E-state index is 0.106. The van der Waals surface area contributed by atoms with Gasteiger partial charge in [0.25, 0.3) is 0 Å². The summed E-state index contributed by atoms with van der Waals surface area (Å²) < 4.78 is 68.4. The molecule has 564 valence electrons. The van der Waals surface area contributed by atoms with Crippen LogP contribution in [-0.2, 0) is 65.4 Å². The zero-order valence-corrected chi connectivity index (χ0v) is 63.4. The number of phosphoric acid groups is 2. The van der Waals surface area contributed by atoms with Crippen molar-refractivity contribution in [3.63, 3.8) is 0 Å². The molecule has 0 rings (SSSR count). The molecule has 0 aliphatic carbocycles. The van der Waals surface area contributed by atoms with Crippen LogP contribution in [0.15, 0.2) is 0 Å². The Morgan fingerprint density at radius 3 is 0.621 bits per heavy atom. The van der Waals surface area contributed by atoms with Gasteiger partial charge in [0.15, 0.2) is 12.2 Å². The molecule has 0 heterocycles. The second-order valence-corrected chi connectivity index (χ2v) is 30.3. The second-order valence-electron chi connectivity index (χ2n) is 27.4. The van der Waals surface area contributed by atoms with E-state index in [1.807, 2.05) is 0 Å². The van der Waals surface area contributed by atoms with Crippen LogP contribution in [0.5, 0.6) is 0 Å². The molecule has 0 aromatic heterocycles. The lowest BCUT2D eigenvalue weighted by atomic mass is 10.0. The summed E-state index contributed by atoms with van der Waals surface area (Å²) in [6.07, 6.45) is 61.2. The number of rotatable bonds is 77. The zero-order valence-electron chi connectivity index (χ0n) is 61.6. The first-order valence-corrected chi connectivity index (χ1v) is 42.8. The summed E-state index contributed by atoms with van der Waals surface area (Å²) >= 11 is 0. The third-order valence-electron chi connectivity index (χ3n) is 17.9. The predicted molar refractivity (Wildman–Crippen MR) is 386 cm³/mol. The van der Waals surface area contributed by atoms with E-state index in [9.17, 15) is 43.2 Å². The number of hydrogen-bond donors (Lipinski definition) is 3. The van der Waals surface area contributed by atoms with E-state index >= 15 is 0 Å². The molecule has 19 heteroatoms. The average molecular weight is 1400 g/mol. The molecule has 2 unspecified atom stereocenters. The number of phosphoric ester groups is 2. The Hall–Kier alpha value is -1.94. The Morgan fingerprint density at radius 1 is 0.253 bits per heavy atom. The van der Waals surface area contributed by atoms with Crippen LogP contribution in [0.2, 0.25) is 0 Å². The van der Waals surface area contributed by atoms with E-state index in [0.29, 0.717) is 25.7 Å². The first-order chi connectivity index (χ1) is 46.2. The minimum atomic E-state index is -4.96. The van der Waals surface area contributed by atoms with Crippen molar-refractivity contribution in [1.29, 1.82) is 0 Å². The van der Waals surface area contributed by atoms with E-state index in [-0.39, 0.29) is 25.7 Å². The fourth-order valence-electron chi connectivity index (χ4n) is 11.8. The Balaban J connectivity index is 5.17. The third-order valence-corrected chi connectivity index (χ3v) is 19.8. The highest BCUT2D eigenvalue weighted by Gasteiger charge is 2.30. The lowest BCUT2D eigenvalue weighted by Gasteiger charge is -2.21. The van der Waals surface area contributed by atoms with E-state index in [0.717, 1.165) is 89.9 Å². The van der Waals surface area contributed by atoms with Gasteiger partial charge < -0.3 is 33.8 Å². The highest BCUT2D eigenvalue weighted by Crippen LogP contribution is 2.45. The van der Waals surface area contributed by atoms with Crippen molar-refractivity contribution < 1.29 is 80.2 Å². The molecule has 0 aromatic rings. The molecule has 0 bridgehead atoms. The number of aliphatic hydroxyl groups excluding tert-OH is 1. The molecule has 0 saturated carbocycles. The van der Waals surface area contributed by atoms with E-state index in [4.69, 9.17) is 37.0 Å². The van der Waals surface area contributed by atoms with Gasteiger partial charge in [0.05, 0.1) is 26.4 Å². The summed E-state index contributed by atoms with van der Waals surface area (Å²) in [4.78, 5) is 72.7. The second kappa shape index (κ2) is 70.5. The quantitative estimate of drug-likeness (QED) is 0.0222. The Morgan fingerprint density at radius 2 is 0.421 bits per heavy atom. The summed E-state index contributed by atoms with van der Waals surface area (Å²) in [5.41, 5.74) is 0. The number of unbranched alkanes of at least 4 members (excludes halogenated alkanes) is 51. The number of carbonyl (C=O) groups is 4. The normalized spacial score (nSPS) is 13.9. The smallest absolute Gasteiger partial charge is 0.462 e. The minimum Gasteiger partial charge on any atom is -0.462 e. The van der Waals surface area contributed by atoms with Crippen LogP contribution in [0.3, 0.4) is 0 Å². The lowest BCUT2D eigenvalue weighted by Crippen LogP contribution is -2.30. The first kappa shape index (κ1) is 93.1. The van der Waals surface area contributed by atoms with Gasteiger partial charge in [-0.1, -0.05) is 355 Å². The molecule has 5 atom stereocenters. The standard InChI is InChI=1S/C76H148O17P2/c1-5-9-13-17-21-25-27-29-31-33-35-37-39-41-43-47-51-55-59-63-76(81)93-72(67-87-74(79)61-57-53-49-46-42-40-38-36-34-32-30-28-26-22-18-14-10-6-2)69-91-95(84,85)89-65-70(77)64-88-94(82,83)90-68-71(92-75(80)62-58-54-50-45-24-20-16-12-8-4)66-86-73(78)60-56-52-48-44-23-19-15-11-7-3/h70-72,77H,5-69H2,1-4H3,(H,82,83)(H,84,85)/t70-,71+,72+/m0/s1. The van der Waals surface area contributed by atoms with Gasteiger partial charge >= 0.3 is 39.5 Å². The van der Waals surface area contributed by atoms with Crippen LogP contribution in [0.25, 0.3) is 0 Å². The van der Waals surface area contributed by atoms with Gasteiger partial charge in [-0.25, -0.2) is 9.13 Å². The number of esters is 4. The fraction of sp³-hybridized carbons (Fsp3) is 0.947. The van der Waals surface area contributed by atoms with Crippen molar-refractivity contribution in [1.82, 2.24) is 0 Å². The molecule has 0 aliphatic rings. The predicted octanol–water partition coefficient (Wildman–Crippen LogP) is 22.6. The average Bonchev–Trinajstić information content (AvgIpc) is 2.06. The highest BCUT2D eigenvalue weighted by molar-refractivity contribution is 7.47. The van der Waals surface area contributed by atoms with Gasteiger partial charge in [0.2, 0.25) is 0 Å². The number of ether oxygens (including phenoxy) is 4. The maximum atomic E-state index is 13.1. The van der Waals surface area contributed by atoms with Gasteiger partial charge in [-0.05, 0) is 25.7 Å². The van der Waals surface area contributed by atoms with Crippen molar-refractivity contribution in [3.05, 3.63) is 0 Å². The summed E-state index contributed by atoms with van der Waals surface area (Å²) in [7, 11) is -9.90. The molecular formula is C76H148O17P2.